The fourth-order valence-electron chi connectivity index (χ4n) is 3.05. The van der Waals surface area contributed by atoms with E-state index in [0.717, 1.165) is 0 Å². The van der Waals surface area contributed by atoms with E-state index in [0.29, 0.717) is 40.6 Å². The summed E-state index contributed by atoms with van der Waals surface area (Å²) in [4.78, 5) is 31.3. The van der Waals surface area contributed by atoms with Crippen molar-refractivity contribution in [3.05, 3.63) is 75.0 Å². The lowest BCUT2D eigenvalue weighted by molar-refractivity contribution is -0.134. The average molecular weight is 388 g/mol. The number of halogens is 2. The molecule has 2 aromatic heterocycles. The predicted molar refractivity (Wildman–Crippen MR) is 97.5 cm³/mol. The molecule has 3 aromatic rings. The number of carbonyl (C=O) groups is 1. The molecule has 0 radical (unpaired) electrons. The molecule has 0 spiro atoms. The summed E-state index contributed by atoms with van der Waals surface area (Å²) < 4.78 is 19.7. The Bertz CT molecular complexity index is 1080. The van der Waals surface area contributed by atoms with E-state index in [1.807, 2.05) is 0 Å². The summed E-state index contributed by atoms with van der Waals surface area (Å²) in [5.74, 6) is -0.216. The highest BCUT2D eigenvalue weighted by molar-refractivity contribution is 6.30. The zero-order valence-corrected chi connectivity index (χ0v) is 14.9. The molecule has 6 nitrogen and oxygen atoms in total. The van der Waals surface area contributed by atoms with E-state index in [9.17, 15) is 14.0 Å². The number of ether oxygens (including phenoxy) is 1. The smallest absolute Gasteiger partial charge is 0.263 e. The molecule has 0 aliphatic carbocycles. The molecule has 8 heteroatoms. The van der Waals surface area contributed by atoms with Gasteiger partial charge in [-0.15, -0.1) is 0 Å². The van der Waals surface area contributed by atoms with E-state index in [-0.39, 0.29) is 30.4 Å². The van der Waals surface area contributed by atoms with Crippen molar-refractivity contribution < 1.29 is 13.9 Å². The second kappa shape index (κ2) is 7.00. The van der Waals surface area contributed by atoms with E-state index in [2.05, 4.69) is 4.98 Å². The Morgan fingerprint density at radius 1 is 1.22 bits per heavy atom. The summed E-state index contributed by atoms with van der Waals surface area (Å²) in [7, 11) is 0. The summed E-state index contributed by atoms with van der Waals surface area (Å²) in [6.07, 6.45) is 2.01. The molecule has 138 valence electrons. The first kappa shape index (κ1) is 17.5. The Kier molecular flexibility index (Phi) is 4.53. The van der Waals surface area contributed by atoms with Crippen molar-refractivity contribution in [2.75, 3.05) is 13.2 Å². The highest BCUT2D eigenvalue weighted by Gasteiger charge is 2.25. The van der Waals surface area contributed by atoms with Crippen LogP contribution in [0.2, 0.25) is 5.02 Å². The highest BCUT2D eigenvalue weighted by Crippen LogP contribution is 2.17. The van der Waals surface area contributed by atoms with Crippen LogP contribution in [0.15, 0.2) is 47.4 Å². The maximum Gasteiger partial charge on any atom is 0.263 e. The first-order valence-electron chi connectivity index (χ1n) is 8.37. The molecule has 1 aliphatic heterocycles. The van der Waals surface area contributed by atoms with Gasteiger partial charge in [-0.2, -0.15) is 0 Å². The Morgan fingerprint density at radius 2 is 2.00 bits per heavy atom. The van der Waals surface area contributed by atoms with Crippen molar-refractivity contribution in [1.29, 1.82) is 0 Å². The van der Waals surface area contributed by atoms with Gasteiger partial charge < -0.3 is 9.64 Å². The molecular formula is C19H15ClFN3O3. The second-order valence-electron chi connectivity index (χ2n) is 6.23. The number of hydrogen-bond donors (Lipinski definition) is 0. The number of hydrogen-bond acceptors (Lipinski definition) is 4. The van der Waals surface area contributed by atoms with Crippen molar-refractivity contribution in [2.45, 2.75) is 13.0 Å². The van der Waals surface area contributed by atoms with Crippen molar-refractivity contribution in [2.24, 2.45) is 0 Å². The number of fused-ring (bicyclic) bond motifs is 2. The zero-order valence-electron chi connectivity index (χ0n) is 14.2. The van der Waals surface area contributed by atoms with Crippen LogP contribution in [0.25, 0.3) is 5.65 Å². The van der Waals surface area contributed by atoms with Crippen LogP contribution in [0.1, 0.15) is 11.3 Å². The maximum atomic E-state index is 12.9. The van der Waals surface area contributed by atoms with E-state index < -0.39 is 0 Å². The number of carbonyl (C=O) groups excluding carboxylic acids is 1. The van der Waals surface area contributed by atoms with Gasteiger partial charge in [-0.1, -0.05) is 11.6 Å². The van der Waals surface area contributed by atoms with Crippen LogP contribution in [0, 0.1) is 5.82 Å². The molecule has 0 bridgehead atoms. The van der Waals surface area contributed by atoms with E-state index in [4.69, 9.17) is 16.3 Å². The topological polar surface area (TPSA) is 63.9 Å². The quantitative estimate of drug-likeness (QED) is 0.692. The molecule has 0 saturated heterocycles. The number of aromatic nitrogens is 2. The van der Waals surface area contributed by atoms with Gasteiger partial charge in [0.05, 0.1) is 22.8 Å². The Hall–Kier alpha value is -2.93. The largest absolute Gasteiger partial charge is 0.484 e. The number of rotatable bonds is 3. The SMILES string of the molecule is O=C(COc1ccc(F)cc1)N1CCc2nc3ccc(Cl)cn3c(=O)c2C1. The fraction of sp³-hybridized carbons (Fsp3) is 0.211. The summed E-state index contributed by atoms with van der Waals surface area (Å²) in [6, 6.07) is 8.82. The minimum atomic E-state index is -0.374. The van der Waals surface area contributed by atoms with Crippen LogP contribution < -0.4 is 10.3 Å². The van der Waals surface area contributed by atoms with Gasteiger partial charge in [0.2, 0.25) is 0 Å². The molecule has 1 aromatic carbocycles. The standard InChI is InChI=1S/C19H15ClFN3O3/c20-12-1-6-17-22-16-7-8-23(10-15(16)19(26)24(17)9-12)18(25)11-27-14-4-2-13(21)3-5-14/h1-6,9H,7-8,10-11H2. The lowest BCUT2D eigenvalue weighted by Crippen LogP contribution is -2.42. The van der Waals surface area contributed by atoms with Gasteiger partial charge in [-0.05, 0) is 36.4 Å². The van der Waals surface area contributed by atoms with Gasteiger partial charge in [0.15, 0.2) is 6.61 Å². The normalized spacial score (nSPS) is 13.5. The summed E-state index contributed by atoms with van der Waals surface area (Å²) >= 11 is 5.97. The first-order valence-corrected chi connectivity index (χ1v) is 8.75. The van der Waals surface area contributed by atoms with Crippen molar-refractivity contribution in [1.82, 2.24) is 14.3 Å². The molecule has 0 fully saturated rings. The third kappa shape index (κ3) is 3.50. The molecule has 0 atom stereocenters. The van der Waals surface area contributed by atoms with Crippen LogP contribution in [-0.2, 0) is 17.8 Å². The van der Waals surface area contributed by atoms with Crippen LogP contribution in [-0.4, -0.2) is 33.3 Å². The molecule has 0 saturated carbocycles. The Labute approximate surface area is 158 Å². The number of amides is 1. The second-order valence-corrected chi connectivity index (χ2v) is 6.66. The zero-order chi connectivity index (χ0) is 19.0. The van der Waals surface area contributed by atoms with Crippen molar-refractivity contribution >= 4 is 23.2 Å². The maximum absolute atomic E-state index is 12.9. The number of pyridine rings is 1. The number of benzene rings is 1. The molecule has 1 aliphatic rings. The first-order chi connectivity index (χ1) is 13.0. The van der Waals surface area contributed by atoms with Gasteiger partial charge in [0.1, 0.15) is 17.2 Å². The molecule has 4 rings (SSSR count). The molecule has 3 heterocycles. The Morgan fingerprint density at radius 3 is 2.78 bits per heavy atom. The van der Waals surface area contributed by atoms with Crippen molar-refractivity contribution in [3.8, 4) is 5.75 Å². The van der Waals surface area contributed by atoms with Gasteiger partial charge in [0.25, 0.3) is 11.5 Å². The van der Waals surface area contributed by atoms with E-state index in [1.165, 1.54) is 34.9 Å². The van der Waals surface area contributed by atoms with E-state index in [1.54, 1.807) is 17.0 Å². The van der Waals surface area contributed by atoms with Crippen LogP contribution >= 0.6 is 11.6 Å². The highest BCUT2D eigenvalue weighted by atomic mass is 35.5. The lowest BCUT2D eigenvalue weighted by atomic mass is 10.1. The van der Waals surface area contributed by atoms with Crippen molar-refractivity contribution in [3.63, 3.8) is 0 Å². The monoisotopic (exact) mass is 387 g/mol. The molecule has 1 amide bonds. The summed E-state index contributed by atoms with van der Waals surface area (Å²) in [5.41, 5.74) is 1.49. The van der Waals surface area contributed by atoms with Gasteiger partial charge in [-0.3, -0.25) is 14.0 Å². The lowest BCUT2D eigenvalue weighted by Gasteiger charge is -2.28. The molecular weight excluding hydrogens is 373 g/mol. The fourth-order valence-corrected chi connectivity index (χ4v) is 3.21. The molecule has 0 N–H and O–H groups in total. The van der Waals surface area contributed by atoms with Gasteiger partial charge >= 0.3 is 0 Å². The minimum Gasteiger partial charge on any atom is -0.484 e. The minimum absolute atomic E-state index is 0.169. The van der Waals surface area contributed by atoms with Gasteiger partial charge in [0, 0.05) is 19.2 Å². The Balaban J connectivity index is 1.52. The van der Waals surface area contributed by atoms with Crippen LogP contribution in [0.4, 0.5) is 4.39 Å². The number of nitrogens with zero attached hydrogens (tertiary/aromatic N) is 3. The molecule has 27 heavy (non-hydrogen) atoms. The third-order valence-electron chi connectivity index (χ3n) is 4.46. The van der Waals surface area contributed by atoms with E-state index >= 15 is 0 Å². The summed E-state index contributed by atoms with van der Waals surface area (Å²) in [6.45, 7) is 0.437. The summed E-state index contributed by atoms with van der Waals surface area (Å²) in [5, 5.41) is 0.433. The molecule has 0 unspecified atom stereocenters. The predicted octanol–water partition coefficient (Wildman–Crippen LogP) is 2.45. The van der Waals surface area contributed by atoms with Crippen LogP contribution in [0.3, 0.4) is 0 Å². The van der Waals surface area contributed by atoms with Crippen LogP contribution in [0.5, 0.6) is 5.75 Å². The third-order valence-corrected chi connectivity index (χ3v) is 4.69. The average Bonchev–Trinajstić information content (AvgIpc) is 2.68. The van der Waals surface area contributed by atoms with Gasteiger partial charge in [-0.25, -0.2) is 9.37 Å².